The van der Waals surface area contributed by atoms with Crippen molar-refractivity contribution >= 4 is 11.6 Å². The standard InChI is InChI=1S/C16H24N2O2/c1-3-20-14-8-9-15(12(2)10-14)18-16(19)11-17-13-6-4-5-7-13/h8-10,13,17H,3-7,11H2,1-2H3,(H,18,19). The number of hydrogen-bond acceptors (Lipinski definition) is 3. The van der Waals surface area contributed by atoms with Gasteiger partial charge in [0.2, 0.25) is 5.91 Å². The Balaban J connectivity index is 1.83. The van der Waals surface area contributed by atoms with Crippen molar-refractivity contribution in [3.8, 4) is 5.75 Å². The second kappa shape index (κ2) is 7.29. The normalized spacial score (nSPS) is 15.3. The van der Waals surface area contributed by atoms with Crippen molar-refractivity contribution in [3.63, 3.8) is 0 Å². The molecule has 2 N–H and O–H groups in total. The Hall–Kier alpha value is -1.55. The van der Waals surface area contributed by atoms with Gasteiger partial charge in [0.1, 0.15) is 5.75 Å². The van der Waals surface area contributed by atoms with Crippen molar-refractivity contribution in [2.75, 3.05) is 18.5 Å². The molecule has 0 atom stereocenters. The first-order valence-electron chi connectivity index (χ1n) is 7.45. The smallest absolute Gasteiger partial charge is 0.238 e. The predicted molar refractivity (Wildman–Crippen MR) is 81.2 cm³/mol. The van der Waals surface area contributed by atoms with Gasteiger partial charge in [0, 0.05) is 11.7 Å². The van der Waals surface area contributed by atoms with Gasteiger partial charge in [-0.15, -0.1) is 0 Å². The van der Waals surface area contributed by atoms with Gasteiger partial charge in [-0.2, -0.15) is 0 Å². The predicted octanol–water partition coefficient (Wildman–Crippen LogP) is 2.86. The van der Waals surface area contributed by atoms with Crippen LogP contribution in [0.5, 0.6) is 5.75 Å². The summed E-state index contributed by atoms with van der Waals surface area (Å²) in [5.74, 6) is 0.858. The van der Waals surface area contributed by atoms with Gasteiger partial charge >= 0.3 is 0 Å². The number of carbonyl (C=O) groups excluding carboxylic acids is 1. The van der Waals surface area contributed by atoms with E-state index in [9.17, 15) is 4.79 Å². The van der Waals surface area contributed by atoms with Crippen molar-refractivity contribution in [2.45, 2.75) is 45.6 Å². The number of ether oxygens (including phenoxy) is 1. The molecule has 0 spiro atoms. The highest BCUT2D eigenvalue weighted by molar-refractivity contribution is 5.93. The van der Waals surface area contributed by atoms with Gasteiger partial charge in [-0.3, -0.25) is 4.79 Å². The number of anilines is 1. The Morgan fingerprint density at radius 2 is 2.10 bits per heavy atom. The summed E-state index contributed by atoms with van der Waals surface area (Å²) in [6.07, 6.45) is 4.93. The van der Waals surface area contributed by atoms with Crippen LogP contribution < -0.4 is 15.4 Å². The minimum atomic E-state index is 0.0177. The molecule has 2 rings (SSSR count). The summed E-state index contributed by atoms with van der Waals surface area (Å²) in [6.45, 7) is 4.97. The van der Waals surface area contributed by atoms with Crippen LogP contribution in [0.25, 0.3) is 0 Å². The van der Waals surface area contributed by atoms with Crippen molar-refractivity contribution < 1.29 is 9.53 Å². The largest absolute Gasteiger partial charge is 0.494 e. The molecule has 0 aliphatic heterocycles. The van der Waals surface area contributed by atoms with E-state index < -0.39 is 0 Å². The molecule has 1 fully saturated rings. The fraction of sp³-hybridized carbons (Fsp3) is 0.562. The monoisotopic (exact) mass is 276 g/mol. The molecule has 0 bridgehead atoms. The summed E-state index contributed by atoms with van der Waals surface area (Å²) in [5.41, 5.74) is 1.87. The van der Waals surface area contributed by atoms with Crippen LogP contribution in [0, 0.1) is 6.92 Å². The van der Waals surface area contributed by atoms with Crippen LogP contribution >= 0.6 is 0 Å². The summed E-state index contributed by atoms with van der Waals surface area (Å²) in [5, 5.41) is 6.26. The number of hydrogen-bond donors (Lipinski definition) is 2. The van der Waals surface area contributed by atoms with E-state index in [0.717, 1.165) is 17.0 Å². The molecule has 0 saturated heterocycles. The lowest BCUT2D eigenvalue weighted by molar-refractivity contribution is -0.115. The molecule has 1 aromatic rings. The van der Waals surface area contributed by atoms with Crippen LogP contribution in [0.1, 0.15) is 38.2 Å². The Morgan fingerprint density at radius 3 is 2.75 bits per heavy atom. The third-order valence-corrected chi connectivity index (χ3v) is 3.69. The Labute approximate surface area is 120 Å². The Bertz CT molecular complexity index is 454. The van der Waals surface area contributed by atoms with Crippen molar-refractivity contribution in [2.24, 2.45) is 0 Å². The van der Waals surface area contributed by atoms with Crippen molar-refractivity contribution in [3.05, 3.63) is 23.8 Å². The quantitative estimate of drug-likeness (QED) is 0.840. The number of benzene rings is 1. The molecule has 0 radical (unpaired) electrons. The molecule has 1 aromatic carbocycles. The minimum absolute atomic E-state index is 0.0177. The SMILES string of the molecule is CCOc1ccc(NC(=O)CNC2CCCC2)c(C)c1. The van der Waals surface area contributed by atoms with Gasteiger partial charge in [0.05, 0.1) is 13.2 Å². The van der Waals surface area contributed by atoms with Gasteiger partial charge < -0.3 is 15.4 Å². The van der Waals surface area contributed by atoms with Crippen LogP contribution in [0.2, 0.25) is 0 Å². The maximum Gasteiger partial charge on any atom is 0.238 e. The highest BCUT2D eigenvalue weighted by Crippen LogP contribution is 2.21. The van der Waals surface area contributed by atoms with E-state index in [0.29, 0.717) is 19.2 Å². The van der Waals surface area contributed by atoms with Gasteiger partial charge in [-0.25, -0.2) is 0 Å². The van der Waals surface area contributed by atoms with Gasteiger partial charge in [0.25, 0.3) is 0 Å². The van der Waals surface area contributed by atoms with Crippen molar-refractivity contribution in [1.29, 1.82) is 0 Å². The molecular formula is C16H24N2O2. The van der Waals surface area contributed by atoms with Crippen LogP contribution in [0.15, 0.2) is 18.2 Å². The zero-order chi connectivity index (χ0) is 14.4. The average molecular weight is 276 g/mol. The van der Waals surface area contributed by atoms with E-state index in [1.165, 1.54) is 25.7 Å². The van der Waals surface area contributed by atoms with Gasteiger partial charge in [-0.1, -0.05) is 12.8 Å². The van der Waals surface area contributed by atoms with E-state index in [2.05, 4.69) is 10.6 Å². The average Bonchev–Trinajstić information content (AvgIpc) is 2.93. The molecule has 0 heterocycles. The molecule has 0 aromatic heterocycles. The topological polar surface area (TPSA) is 50.4 Å². The molecular weight excluding hydrogens is 252 g/mol. The molecule has 1 aliphatic rings. The minimum Gasteiger partial charge on any atom is -0.494 e. The first-order valence-corrected chi connectivity index (χ1v) is 7.45. The Morgan fingerprint density at radius 1 is 1.35 bits per heavy atom. The van der Waals surface area contributed by atoms with Crippen LogP contribution in [-0.4, -0.2) is 25.1 Å². The van der Waals surface area contributed by atoms with Gasteiger partial charge in [0.15, 0.2) is 0 Å². The van der Waals surface area contributed by atoms with E-state index >= 15 is 0 Å². The molecule has 0 unspecified atom stereocenters. The highest BCUT2D eigenvalue weighted by atomic mass is 16.5. The molecule has 4 heteroatoms. The summed E-state index contributed by atoms with van der Waals surface area (Å²) >= 11 is 0. The summed E-state index contributed by atoms with van der Waals surface area (Å²) < 4.78 is 5.44. The third kappa shape index (κ3) is 4.23. The van der Waals surface area contributed by atoms with E-state index in [1.807, 2.05) is 32.0 Å². The van der Waals surface area contributed by atoms with Gasteiger partial charge in [-0.05, 0) is 50.5 Å². The molecule has 1 saturated carbocycles. The Kier molecular flexibility index (Phi) is 5.41. The molecule has 1 aliphatic carbocycles. The molecule has 4 nitrogen and oxygen atoms in total. The number of nitrogens with one attached hydrogen (secondary N) is 2. The van der Waals surface area contributed by atoms with Crippen molar-refractivity contribution in [1.82, 2.24) is 5.32 Å². The van der Waals surface area contributed by atoms with Crippen LogP contribution in [-0.2, 0) is 4.79 Å². The van der Waals surface area contributed by atoms with E-state index in [4.69, 9.17) is 4.74 Å². The zero-order valence-electron chi connectivity index (χ0n) is 12.4. The lowest BCUT2D eigenvalue weighted by atomic mass is 10.2. The lowest BCUT2D eigenvalue weighted by Crippen LogP contribution is -2.34. The van der Waals surface area contributed by atoms with E-state index in [-0.39, 0.29) is 5.91 Å². The molecule has 20 heavy (non-hydrogen) atoms. The number of carbonyl (C=O) groups is 1. The summed E-state index contributed by atoms with van der Waals surface area (Å²) in [4.78, 5) is 11.9. The fourth-order valence-electron chi connectivity index (χ4n) is 2.59. The third-order valence-electron chi connectivity index (χ3n) is 3.69. The number of amides is 1. The second-order valence-corrected chi connectivity index (χ2v) is 5.32. The van der Waals surface area contributed by atoms with E-state index in [1.54, 1.807) is 0 Å². The zero-order valence-corrected chi connectivity index (χ0v) is 12.4. The first-order chi connectivity index (χ1) is 9.69. The highest BCUT2D eigenvalue weighted by Gasteiger charge is 2.15. The number of aryl methyl sites for hydroxylation is 1. The second-order valence-electron chi connectivity index (χ2n) is 5.32. The first kappa shape index (κ1) is 14.9. The number of rotatable bonds is 6. The lowest BCUT2D eigenvalue weighted by Gasteiger charge is -2.13. The molecule has 110 valence electrons. The fourth-order valence-corrected chi connectivity index (χ4v) is 2.59. The van der Waals surface area contributed by atoms with Crippen LogP contribution in [0.4, 0.5) is 5.69 Å². The van der Waals surface area contributed by atoms with Crippen LogP contribution in [0.3, 0.4) is 0 Å². The summed E-state index contributed by atoms with van der Waals surface area (Å²) in [7, 11) is 0. The molecule has 1 amide bonds. The maximum absolute atomic E-state index is 11.9. The maximum atomic E-state index is 11.9. The summed E-state index contributed by atoms with van der Waals surface area (Å²) in [6, 6.07) is 6.25.